The molecular formula is C20H25N7O2. The van der Waals surface area contributed by atoms with Crippen molar-refractivity contribution in [2.24, 2.45) is 0 Å². The fraction of sp³-hybridized carbons (Fsp3) is 0.500. The van der Waals surface area contributed by atoms with Gasteiger partial charge in [-0.2, -0.15) is 15.0 Å². The monoisotopic (exact) mass is 395 g/mol. The molecule has 2 saturated heterocycles. The van der Waals surface area contributed by atoms with Gasteiger partial charge >= 0.3 is 0 Å². The number of morpholine rings is 2. The third kappa shape index (κ3) is 3.63. The first-order chi connectivity index (χ1) is 14.2. The van der Waals surface area contributed by atoms with E-state index in [1.54, 1.807) is 6.33 Å². The molecule has 0 amide bonds. The van der Waals surface area contributed by atoms with Crippen LogP contribution in [0.25, 0.3) is 17.0 Å². The number of benzene rings is 1. The van der Waals surface area contributed by atoms with E-state index in [1.807, 2.05) is 28.8 Å². The van der Waals surface area contributed by atoms with Gasteiger partial charge in [0.15, 0.2) is 0 Å². The lowest BCUT2D eigenvalue weighted by Gasteiger charge is -2.36. The van der Waals surface area contributed by atoms with E-state index in [-0.39, 0.29) is 12.2 Å². The van der Waals surface area contributed by atoms with Crippen LogP contribution >= 0.6 is 0 Å². The Morgan fingerprint density at radius 3 is 2.28 bits per heavy atom. The van der Waals surface area contributed by atoms with Crippen molar-refractivity contribution >= 4 is 22.9 Å². The fourth-order valence-corrected chi connectivity index (χ4v) is 3.96. The van der Waals surface area contributed by atoms with Gasteiger partial charge < -0.3 is 19.3 Å². The van der Waals surface area contributed by atoms with Crippen molar-refractivity contribution in [2.45, 2.75) is 26.1 Å². The summed E-state index contributed by atoms with van der Waals surface area (Å²) in [5.41, 5.74) is 1.89. The van der Waals surface area contributed by atoms with Crippen LogP contribution in [-0.4, -0.2) is 76.1 Å². The summed E-state index contributed by atoms with van der Waals surface area (Å²) in [6, 6.07) is 7.99. The molecule has 9 nitrogen and oxygen atoms in total. The van der Waals surface area contributed by atoms with Crippen molar-refractivity contribution in [1.82, 2.24) is 24.5 Å². The number of nitrogens with zero attached hydrogens (tertiary/aromatic N) is 7. The number of rotatable bonds is 3. The Kier molecular flexibility index (Phi) is 4.76. The number of ether oxygens (including phenoxy) is 2. The highest BCUT2D eigenvalue weighted by molar-refractivity contribution is 5.76. The van der Waals surface area contributed by atoms with Gasteiger partial charge in [-0.05, 0) is 26.0 Å². The smallest absolute Gasteiger partial charge is 0.242 e. The van der Waals surface area contributed by atoms with E-state index < -0.39 is 0 Å². The minimum Gasteiger partial charge on any atom is -0.378 e. The van der Waals surface area contributed by atoms with E-state index in [4.69, 9.17) is 24.4 Å². The number of hydrogen-bond donors (Lipinski definition) is 0. The average molecular weight is 395 g/mol. The Labute approximate surface area is 169 Å². The van der Waals surface area contributed by atoms with Crippen LogP contribution in [0.4, 0.5) is 11.9 Å². The molecule has 3 aromatic rings. The molecule has 2 atom stereocenters. The van der Waals surface area contributed by atoms with E-state index >= 15 is 0 Å². The highest BCUT2D eigenvalue weighted by atomic mass is 16.5. The van der Waals surface area contributed by atoms with Crippen LogP contribution in [0, 0.1) is 0 Å². The molecule has 0 aliphatic carbocycles. The fourth-order valence-electron chi connectivity index (χ4n) is 3.96. The number of imidazole rings is 1. The van der Waals surface area contributed by atoms with Gasteiger partial charge in [0.2, 0.25) is 17.8 Å². The molecule has 0 spiro atoms. The molecular weight excluding hydrogens is 370 g/mol. The number of hydrogen-bond acceptors (Lipinski definition) is 8. The second kappa shape index (κ2) is 7.57. The second-order valence-electron chi connectivity index (χ2n) is 7.60. The number of para-hydroxylation sites is 2. The zero-order valence-corrected chi connectivity index (χ0v) is 16.7. The maximum absolute atomic E-state index is 5.89. The third-order valence-corrected chi connectivity index (χ3v) is 5.27. The SMILES string of the molecule is C[C@@H]1CN(c2nc(N3CCOCC3)nc(-n3cnc4ccccc43)n2)C[C@H](C)O1. The molecule has 1 aromatic carbocycles. The highest BCUT2D eigenvalue weighted by Gasteiger charge is 2.26. The number of fused-ring (bicyclic) bond motifs is 1. The minimum absolute atomic E-state index is 0.125. The summed E-state index contributed by atoms with van der Waals surface area (Å²) in [5, 5.41) is 0. The average Bonchev–Trinajstić information content (AvgIpc) is 3.18. The van der Waals surface area contributed by atoms with Gasteiger partial charge in [0.05, 0.1) is 36.5 Å². The van der Waals surface area contributed by atoms with Gasteiger partial charge in [-0.25, -0.2) is 4.98 Å². The van der Waals surface area contributed by atoms with E-state index in [1.165, 1.54) is 0 Å². The van der Waals surface area contributed by atoms with Crippen LogP contribution in [-0.2, 0) is 9.47 Å². The van der Waals surface area contributed by atoms with Gasteiger partial charge in [-0.3, -0.25) is 4.57 Å². The molecule has 4 heterocycles. The van der Waals surface area contributed by atoms with Crippen molar-refractivity contribution in [3.8, 4) is 5.95 Å². The summed E-state index contributed by atoms with van der Waals surface area (Å²) in [6.07, 6.45) is 2.03. The van der Waals surface area contributed by atoms with Gasteiger partial charge in [0.25, 0.3) is 0 Å². The van der Waals surface area contributed by atoms with Crippen molar-refractivity contribution in [1.29, 1.82) is 0 Å². The largest absolute Gasteiger partial charge is 0.378 e. The normalized spacial score (nSPS) is 23.0. The first-order valence-electron chi connectivity index (χ1n) is 10.1. The molecule has 0 saturated carbocycles. The lowest BCUT2D eigenvalue weighted by Crippen LogP contribution is -2.46. The summed E-state index contributed by atoms with van der Waals surface area (Å²) in [4.78, 5) is 23.3. The molecule has 0 bridgehead atoms. The molecule has 9 heteroatoms. The first-order valence-corrected chi connectivity index (χ1v) is 10.1. The molecule has 2 aromatic heterocycles. The van der Waals surface area contributed by atoms with E-state index in [0.29, 0.717) is 31.1 Å². The van der Waals surface area contributed by atoms with Crippen LogP contribution in [0.2, 0.25) is 0 Å². The molecule has 0 N–H and O–H groups in total. The summed E-state index contributed by atoms with van der Waals surface area (Å²) in [6.45, 7) is 8.55. The number of aromatic nitrogens is 5. The highest BCUT2D eigenvalue weighted by Crippen LogP contribution is 2.23. The Balaban J connectivity index is 1.60. The predicted octanol–water partition coefficient (Wildman–Crippen LogP) is 1.66. The minimum atomic E-state index is 0.125. The van der Waals surface area contributed by atoms with Gasteiger partial charge in [-0.15, -0.1) is 0 Å². The Bertz CT molecular complexity index is 991. The molecule has 0 unspecified atom stereocenters. The molecule has 2 aliphatic rings. The van der Waals surface area contributed by atoms with Crippen molar-refractivity contribution < 1.29 is 9.47 Å². The summed E-state index contributed by atoms with van der Waals surface area (Å²) >= 11 is 0. The Morgan fingerprint density at radius 1 is 0.862 bits per heavy atom. The van der Waals surface area contributed by atoms with Gasteiger partial charge in [0, 0.05) is 26.2 Å². The molecule has 5 rings (SSSR count). The van der Waals surface area contributed by atoms with Gasteiger partial charge in [-0.1, -0.05) is 12.1 Å². The summed E-state index contributed by atoms with van der Waals surface area (Å²) < 4.78 is 13.3. The molecule has 2 fully saturated rings. The maximum Gasteiger partial charge on any atom is 0.242 e. The first kappa shape index (κ1) is 18.3. The molecule has 2 aliphatic heterocycles. The maximum atomic E-state index is 5.89. The predicted molar refractivity (Wildman–Crippen MR) is 110 cm³/mol. The summed E-state index contributed by atoms with van der Waals surface area (Å²) in [7, 11) is 0. The van der Waals surface area contributed by atoms with E-state index in [0.717, 1.165) is 37.2 Å². The lowest BCUT2D eigenvalue weighted by atomic mass is 10.2. The second-order valence-corrected chi connectivity index (χ2v) is 7.60. The topological polar surface area (TPSA) is 81.4 Å². The van der Waals surface area contributed by atoms with Crippen LogP contribution in [0.3, 0.4) is 0 Å². The number of anilines is 2. The quantitative estimate of drug-likeness (QED) is 0.662. The van der Waals surface area contributed by atoms with Crippen LogP contribution in [0.5, 0.6) is 0 Å². The summed E-state index contributed by atoms with van der Waals surface area (Å²) in [5.74, 6) is 1.94. The lowest BCUT2D eigenvalue weighted by molar-refractivity contribution is -0.00573. The standard InChI is InChI=1S/C20H25N7O2/c1-14-11-26(12-15(2)29-14)19-22-18(25-7-9-28-10-8-25)23-20(24-19)27-13-21-16-5-3-4-6-17(16)27/h3-6,13-15H,7-12H2,1-2H3/t14-,15+. The molecule has 0 radical (unpaired) electrons. The zero-order valence-electron chi connectivity index (χ0n) is 16.7. The molecule has 29 heavy (non-hydrogen) atoms. The van der Waals surface area contributed by atoms with E-state index in [2.05, 4.69) is 28.6 Å². The van der Waals surface area contributed by atoms with Crippen molar-refractivity contribution in [2.75, 3.05) is 49.2 Å². The van der Waals surface area contributed by atoms with Gasteiger partial charge in [0.1, 0.15) is 6.33 Å². The van der Waals surface area contributed by atoms with Crippen LogP contribution in [0.1, 0.15) is 13.8 Å². The van der Waals surface area contributed by atoms with Crippen molar-refractivity contribution in [3.63, 3.8) is 0 Å². The zero-order chi connectivity index (χ0) is 19.8. The Morgan fingerprint density at radius 2 is 1.52 bits per heavy atom. The Hall–Kier alpha value is -2.78. The van der Waals surface area contributed by atoms with Crippen molar-refractivity contribution in [3.05, 3.63) is 30.6 Å². The van der Waals surface area contributed by atoms with Crippen LogP contribution < -0.4 is 9.80 Å². The van der Waals surface area contributed by atoms with Crippen LogP contribution in [0.15, 0.2) is 30.6 Å². The van der Waals surface area contributed by atoms with E-state index in [9.17, 15) is 0 Å². The molecule has 152 valence electrons. The third-order valence-electron chi connectivity index (χ3n) is 5.27.